The highest BCUT2D eigenvalue weighted by Crippen LogP contribution is 2.18. The molecule has 6 heteroatoms. The molecule has 5 nitrogen and oxygen atoms in total. The van der Waals surface area contributed by atoms with Crippen molar-refractivity contribution in [3.05, 3.63) is 17.5 Å². The Morgan fingerprint density at radius 2 is 2.12 bits per heavy atom. The Morgan fingerprint density at radius 1 is 1.47 bits per heavy atom. The zero-order valence-corrected chi connectivity index (χ0v) is 11.0. The molecule has 2 rings (SSSR count). The van der Waals surface area contributed by atoms with Crippen LogP contribution in [0.2, 0.25) is 0 Å². The largest absolute Gasteiger partial charge is 0.347 e. The van der Waals surface area contributed by atoms with Crippen LogP contribution < -0.4 is 10.6 Å². The van der Waals surface area contributed by atoms with Crippen molar-refractivity contribution in [2.75, 3.05) is 13.1 Å². The van der Waals surface area contributed by atoms with Crippen LogP contribution in [0.3, 0.4) is 0 Å². The van der Waals surface area contributed by atoms with Crippen molar-refractivity contribution < 1.29 is 4.79 Å². The fourth-order valence-corrected chi connectivity index (χ4v) is 2.02. The van der Waals surface area contributed by atoms with Gasteiger partial charge in [-0.3, -0.25) is 9.89 Å². The smallest absolute Gasteiger partial charge is 0.255 e. The van der Waals surface area contributed by atoms with E-state index in [0.717, 1.165) is 31.6 Å². The normalized spacial score (nSPS) is 18.2. The van der Waals surface area contributed by atoms with Gasteiger partial charge in [-0.2, -0.15) is 5.10 Å². The summed E-state index contributed by atoms with van der Waals surface area (Å²) < 4.78 is 0. The SMILES string of the molecule is Cc1[nH]ncc1C(=O)NC1(C)CCNCC1.Cl. The van der Waals surface area contributed by atoms with Gasteiger partial charge in [0.25, 0.3) is 5.91 Å². The maximum absolute atomic E-state index is 12.0. The van der Waals surface area contributed by atoms with Crippen LogP contribution in [0.15, 0.2) is 6.20 Å². The number of rotatable bonds is 2. The first-order valence-corrected chi connectivity index (χ1v) is 5.64. The fourth-order valence-electron chi connectivity index (χ4n) is 2.02. The van der Waals surface area contributed by atoms with Crippen molar-refractivity contribution >= 4 is 18.3 Å². The van der Waals surface area contributed by atoms with E-state index in [9.17, 15) is 4.79 Å². The predicted molar refractivity (Wildman–Crippen MR) is 68.5 cm³/mol. The maximum Gasteiger partial charge on any atom is 0.255 e. The molecule has 0 spiro atoms. The van der Waals surface area contributed by atoms with Gasteiger partial charge in [-0.15, -0.1) is 12.4 Å². The van der Waals surface area contributed by atoms with Crippen LogP contribution in [0.5, 0.6) is 0 Å². The molecule has 0 radical (unpaired) electrons. The molecule has 1 aromatic heterocycles. The lowest BCUT2D eigenvalue weighted by Crippen LogP contribution is -2.52. The van der Waals surface area contributed by atoms with Crippen LogP contribution in [0.25, 0.3) is 0 Å². The minimum atomic E-state index is -0.0912. The molecule has 0 atom stereocenters. The van der Waals surface area contributed by atoms with Gasteiger partial charge in [-0.1, -0.05) is 0 Å². The number of nitrogens with zero attached hydrogens (tertiary/aromatic N) is 1. The minimum absolute atomic E-state index is 0. The van der Waals surface area contributed by atoms with Gasteiger partial charge < -0.3 is 10.6 Å². The number of hydrogen-bond donors (Lipinski definition) is 3. The molecule has 3 N–H and O–H groups in total. The summed E-state index contributed by atoms with van der Waals surface area (Å²) in [4.78, 5) is 12.0. The lowest BCUT2D eigenvalue weighted by Gasteiger charge is -2.34. The van der Waals surface area contributed by atoms with E-state index in [1.165, 1.54) is 0 Å². The second-order valence-corrected chi connectivity index (χ2v) is 4.67. The number of nitrogens with one attached hydrogen (secondary N) is 3. The molecule has 1 saturated heterocycles. The van der Waals surface area contributed by atoms with Gasteiger partial charge in [-0.25, -0.2) is 0 Å². The Labute approximate surface area is 107 Å². The Hall–Kier alpha value is -1.07. The summed E-state index contributed by atoms with van der Waals surface area (Å²) in [5.41, 5.74) is 1.36. The third-order valence-corrected chi connectivity index (χ3v) is 3.20. The number of halogens is 1. The highest BCUT2D eigenvalue weighted by molar-refractivity contribution is 5.95. The zero-order chi connectivity index (χ0) is 11.6. The van der Waals surface area contributed by atoms with Crippen molar-refractivity contribution in [3.8, 4) is 0 Å². The van der Waals surface area contributed by atoms with Gasteiger partial charge >= 0.3 is 0 Å². The summed E-state index contributed by atoms with van der Waals surface area (Å²) in [5.74, 6) is -0.0318. The molecule has 1 fully saturated rings. The van der Waals surface area contributed by atoms with Gasteiger partial charge in [0.15, 0.2) is 0 Å². The highest BCUT2D eigenvalue weighted by Gasteiger charge is 2.29. The predicted octanol–water partition coefficient (Wildman–Crippen LogP) is 1.01. The number of aromatic nitrogens is 2. The molecule has 1 aliphatic heterocycles. The van der Waals surface area contributed by atoms with E-state index in [0.29, 0.717) is 5.56 Å². The summed E-state index contributed by atoms with van der Waals surface area (Å²) in [6, 6.07) is 0. The lowest BCUT2D eigenvalue weighted by molar-refractivity contribution is 0.0887. The summed E-state index contributed by atoms with van der Waals surface area (Å²) in [6.07, 6.45) is 3.51. The highest BCUT2D eigenvalue weighted by atomic mass is 35.5. The molecular formula is C11H19ClN4O. The van der Waals surface area contributed by atoms with Crippen molar-refractivity contribution in [3.63, 3.8) is 0 Å². The molecule has 0 aliphatic carbocycles. The molecule has 2 heterocycles. The van der Waals surface area contributed by atoms with E-state index in [1.54, 1.807) is 6.20 Å². The van der Waals surface area contributed by atoms with Gasteiger partial charge in [0.1, 0.15) is 0 Å². The number of H-pyrrole nitrogens is 1. The van der Waals surface area contributed by atoms with E-state index in [1.807, 2.05) is 6.92 Å². The number of carbonyl (C=O) groups is 1. The third kappa shape index (κ3) is 3.20. The number of aryl methyl sites for hydroxylation is 1. The molecule has 0 saturated carbocycles. The molecule has 0 bridgehead atoms. The summed E-state index contributed by atoms with van der Waals surface area (Å²) in [5, 5.41) is 13.0. The number of piperidine rings is 1. The molecular weight excluding hydrogens is 240 g/mol. The van der Waals surface area contributed by atoms with Crippen molar-refractivity contribution in [1.82, 2.24) is 20.8 Å². The van der Waals surface area contributed by atoms with E-state index in [-0.39, 0.29) is 23.9 Å². The van der Waals surface area contributed by atoms with Crippen LogP contribution in [0.1, 0.15) is 35.8 Å². The Morgan fingerprint density at radius 3 is 2.65 bits per heavy atom. The van der Waals surface area contributed by atoms with Crippen molar-refractivity contribution in [1.29, 1.82) is 0 Å². The topological polar surface area (TPSA) is 69.8 Å². The quantitative estimate of drug-likeness (QED) is 0.742. The Bertz CT molecular complexity index is 385. The number of carbonyl (C=O) groups excluding carboxylic acids is 1. The minimum Gasteiger partial charge on any atom is -0.347 e. The van der Waals surface area contributed by atoms with Gasteiger partial charge in [0, 0.05) is 11.2 Å². The van der Waals surface area contributed by atoms with Crippen LogP contribution in [-0.2, 0) is 0 Å². The van der Waals surface area contributed by atoms with Crippen LogP contribution >= 0.6 is 12.4 Å². The molecule has 17 heavy (non-hydrogen) atoms. The van der Waals surface area contributed by atoms with Crippen LogP contribution in [0, 0.1) is 6.92 Å². The average molecular weight is 259 g/mol. The third-order valence-electron chi connectivity index (χ3n) is 3.20. The van der Waals surface area contributed by atoms with E-state index in [4.69, 9.17) is 0 Å². The summed E-state index contributed by atoms with van der Waals surface area (Å²) in [6.45, 7) is 5.87. The first-order chi connectivity index (χ1) is 7.61. The summed E-state index contributed by atoms with van der Waals surface area (Å²) >= 11 is 0. The van der Waals surface area contributed by atoms with Crippen LogP contribution in [0.4, 0.5) is 0 Å². The molecule has 1 aromatic rings. The Balaban J connectivity index is 0.00000144. The fraction of sp³-hybridized carbons (Fsp3) is 0.636. The van der Waals surface area contributed by atoms with E-state index < -0.39 is 0 Å². The first kappa shape index (κ1) is 14.0. The number of aromatic amines is 1. The molecule has 0 aromatic carbocycles. The summed E-state index contributed by atoms with van der Waals surface area (Å²) in [7, 11) is 0. The number of hydrogen-bond acceptors (Lipinski definition) is 3. The van der Waals surface area contributed by atoms with Crippen LogP contribution in [-0.4, -0.2) is 34.7 Å². The monoisotopic (exact) mass is 258 g/mol. The van der Waals surface area contributed by atoms with Crippen molar-refractivity contribution in [2.45, 2.75) is 32.2 Å². The first-order valence-electron chi connectivity index (χ1n) is 5.64. The maximum atomic E-state index is 12.0. The second kappa shape index (κ2) is 5.51. The molecule has 0 unspecified atom stereocenters. The van der Waals surface area contributed by atoms with E-state index in [2.05, 4.69) is 27.8 Å². The standard InChI is InChI=1S/C11H18N4O.ClH/c1-8-9(7-13-15-8)10(16)14-11(2)3-5-12-6-4-11;/h7,12H,3-6H2,1-2H3,(H,13,15)(H,14,16);1H. The molecule has 1 amide bonds. The molecule has 96 valence electrons. The van der Waals surface area contributed by atoms with Gasteiger partial charge in [0.05, 0.1) is 11.8 Å². The number of amides is 1. The zero-order valence-electron chi connectivity index (χ0n) is 10.2. The second-order valence-electron chi connectivity index (χ2n) is 4.67. The molecule has 1 aliphatic rings. The lowest BCUT2D eigenvalue weighted by atomic mass is 9.90. The average Bonchev–Trinajstić information content (AvgIpc) is 2.65. The van der Waals surface area contributed by atoms with E-state index >= 15 is 0 Å². The van der Waals surface area contributed by atoms with Gasteiger partial charge in [-0.05, 0) is 39.8 Å². The Kier molecular flexibility index (Phi) is 4.54. The van der Waals surface area contributed by atoms with Gasteiger partial charge in [0.2, 0.25) is 0 Å². The van der Waals surface area contributed by atoms with Crippen molar-refractivity contribution in [2.24, 2.45) is 0 Å².